The van der Waals surface area contributed by atoms with E-state index in [0.717, 1.165) is 5.56 Å². The van der Waals surface area contributed by atoms with Gasteiger partial charge in [-0.3, -0.25) is 9.59 Å². The summed E-state index contributed by atoms with van der Waals surface area (Å²) < 4.78 is 11.2. The molecule has 2 aromatic rings. The summed E-state index contributed by atoms with van der Waals surface area (Å²) in [5.74, 6) is -0.161. The summed E-state index contributed by atoms with van der Waals surface area (Å²) in [5.41, 5.74) is 1.26. The van der Waals surface area contributed by atoms with Crippen molar-refractivity contribution >= 4 is 17.4 Å². The van der Waals surface area contributed by atoms with Crippen LogP contribution in [0.1, 0.15) is 51.3 Å². The van der Waals surface area contributed by atoms with Crippen LogP contribution in [0.15, 0.2) is 54.1 Å². The first-order valence-corrected chi connectivity index (χ1v) is 10.7. The summed E-state index contributed by atoms with van der Waals surface area (Å²) in [7, 11) is 0. The van der Waals surface area contributed by atoms with Crippen LogP contribution in [0.2, 0.25) is 0 Å². The van der Waals surface area contributed by atoms with E-state index in [1.165, 1.54) is 4.90 Å². The third kappa shape index (κ3) is 4.74. The Labute approximate surface area is 183 Å². The molecule has 3 rings (SSSR count). The molecular weight excluding hydrogens is 394 g/mol. The maximum atomic E-state index is 12.9. The van der Waals surface area contributed by atoms with Gasteiger partial charge in [-0.15, -0.1) is 0 Å². The summed E-state index contributed by atoms with van der Waals surface area (Å²) in [4.78, 5) is 27.3. The molecule has 0 spiro atoms. The SMILES string of the molecule is CCCN1C(=O)C(=O)/C(=C(\O)c2ccc(OC(C)C)cc2)C1c1cccc(OCC)c1. The number of carbonyl (C=O) groups excluding carboxylic acids is 2. The van der Waals surface area contributed by atoms with Crippen LogP contribution in [0, 0.1) is 0 Å². The lowest BCUT2D eigenvalue weighted by atomic mass is 9.95. The molecule has 1 amide bonds. The van der Waals surface area contributed by atoms with Gasteiger partial charge in [-0.25, -0.2) is 0 Å². The maximum Gasteiger partial charge on any atom is 0.295 e. The highest BCUT2D eigenvalue weighted by Crippen LogP contribution is 2.40. The van der Waals surface area contributed by atoms with E-state index in [4.69, 9.17) is 9.47 Å². The Bertz CT molecular complexity index is 978. The molecule has 0 aliphatic carbocycles. The van der Waals surface area contributed by atoms with E-state index in [2.05, 4.69) is 0 Å². The molecule has 1 aliphatic heterocycles. The van der Waals surface area contributed by atoms with Crippen LogP contribution < -0.4 is 9.47 Å². The number of amides is 1. The molecule has 0 saturated carbocycles. The number of aliphatic hydroxyl groups is 1. The first-order valence-electron chi connectivity index (χ1n) is 10.7. The summed E-state index contributed by atoms with van der Waals surface area (Å²) >= 11 is 0. The molecule has 1 fully saturated rings. The highest BCUT2D eigenvalue weighted by atomic mass is 16.5. The van der Waals surface area contributed by atoms with E-state index < -0.39 is 17.7 Å². The van der Waals surface area contributed by atoms with Crippen LogP contribution in [0.25, 0.3) is 5.76 Å². The fourth-order valence-corrected chi connectivity index (χ4v) is 3.76. The van der Waals surface area contributed by atoms with E-state index in [-0.39, 0.29) is 17.4 Å². The third-order valence-corrected chi connectivity index (χ3v) is 4.99. The molecule has 0 aromatic heterocycles. The van der Waals surface area contributed by atoms with E-state index in [1.54, 1.807) is 24.3 Å². The molecule has 1 unspecified atom stereocenters. The Balaban J connectivity index is 2.09. The van der Waals surface area contributed by atoms with Crippen LogP contribution in [0.3, 0.4) is 0 Å². The van der Waals surface area contributed by atoms with Gasteiger partial charge in [-0.2, -0.15) is 0 Å². The second kappa shape index (κ2) is 9.69. The van der Waals surface area contributed by atoms with Gasteiger partial charge in [0, 0.05) is 12.1 Å². The van der Waals surface area contributed by atoms with Crippen LogP contribution in [-0.4, -0.2) is 41.0 Å². The molecule has 1 atom stereocenters. The topological polar surface area (TPSA) is 76.1 Å². The number of rotatable bonds is 8. The number of ketones is 1. The minimum absolute atomic E-state index is 0.0245. The molecule has 1 saturated heterocycles. The van der Waals surface area contributed by atoms with Crippen molar-refractivity contribution in [1.29, 1.82) is 0 Å². The summed E-state index contributed by atoms with van der Waals surface area (Å²) in [6.07, 6.45) is 0.715. The zero-order valence-electron chi connectivity index (χ0n) is 18.4. The molecule has 164 valence electrons. The van der Waals surface area contributed by atoms with E-state index in [0.29, 0.717) is 36.6 Å². The van der Waals surface area contributed by atoms with Crippen molar-refractivity contribution in [3.05, 3.63) is 65.2 Å². The number of carbonyl (C=O) groups is 2. The van der Waals surface area contributed by atoms with E-state index >= 15 is 0 Å². The average molecular weight is 424 g/mol. The molecule has 0 radical (unpaired) electrons. The van der Waals surface area contributed by atoms with Gasteiger partial charge in [-0.05, 0) is 69.2 Å². The zero-order chi connectivity index (χ0) is 22.5. The normalized spacial score (nSPS) is 18.0. The van der Waals surface area contributed by atoms with E-state index in [9.17, 15) is 14.7 Å². The van der Waals surface area contributed by atoms with Crippen molar-refractivity contribution in [1.82, 2.24) is 4.90 Å². The number of benzene rings is 2. The Hall–Kier alpha value is -3.28. The lowest BCUT2D eigenvalue weighted by molar-refractivity contribution is -0.139. The minimum atomic E-state index is -0.680. The van der Waals surface area contributed by atoms with E-state index in [1.807, 2.05) is 52.0 Å². The van der Waals surface area contributed by atoms with Gasteiger partial charge >= 0.3 is 0 Å². The van der Waals surface area contributed by atoms with Gasteiger partial charge in [0.1, 0.15) is 17.3 Å². The molecule has 1 heterocycles. The molecule has 1 N–H and O–H groups in total. The Kier molecular flexibility index (Phi) is 7.00. The first kappa shape index (κ1) is 22.4. The van der Waals surface area contributed by atoms with Crippen LogP contribution in [0.5, 0.6) is 11.5 Å². The fraction of sp³-hybridized carbons (Fsp3) is 0.360. The first-order chi connectivity index (χ1) is 14.9. The van der Waals surface area contributed by atoms with Gasteiger partial charge in [-0.1, -0.05) is 19.1 Å². The Morgan fingerprint density at radius 2 is 1.77 bits per heavy atom. The fourth-order valence-electron chi connectivity index (χ4n) is 3.76. The second-order valence-corrected chi connectivity index (χ2v) is 7.69. The quantitative estimate of drug-likeness (QED) is 0.378. The van der Waals surface area contributed by atoms with Gasteiger partial charge in [0.05, 0.1) is 24.3 Å². The number of hydrogen-bond acceptors (Lipinski definition) is 5. The van der Waals surface area contributed by atoms with Crippen molar-refractivity contribution in [3.63, 3.8) is 0 Å². The van der Waals surface area contributed by atoms with Crippen LogP contribution in [0.4, 0.5) is 0 Å². The van der Waals surface area contributed by atoms with Gasteiger partial charge < -0.3 is 19.5 Å². The summed E-state index contributed by atoms with van der Waals surface area (Å²) in [6.45, 7) is 8.61. The van der Waals surface area contributed by atoms with Crippen LogP contribution in [-0.2, 0) is 9.59 Å². The summed E-state index contributed by atoms with van der Waals surface area (Å²) in [6, 6.07) is 13.5. The number of Topliss-reactive ketones (excluding diaryl/α,β-unsaturated/α-hetero) is 1. The average Bonchev–Trinajstić information content (AvgIpc) is 2.99. The standard InChI is InChI=1S/C25H29NO5/c1-5-14-26-22(18-8-7-9-20(15-18)30-6-2)21(24(28)25(26)29)23(27)17-10-12-19(13-11-17)31-16(3)4/h7-13,15-16,22,27H,5-6,14H2,1-4H3/b23-21-. The number of hydrogen-bond donors (Lipinski definition) is 1. The number of aliphatic hydroxyl groups excluding tert-OH is 1. The van der Waals surface area contributed by atoms with Gasteiger partial charge in [0.25, 0.3) is 11.7 Å². The molecule has 31 heavy (non-hydrogen) atoms. The maximum absolute atomic E-state index is 12.9. The van der Waals surface area contributed by atoms with Crippen molar-refractivity contribution in [3.8, 4) is 11.5 Å². The van der Waals surface area contributed by atoms with Crippen molar-refractivity contribution in [2.45, 2.75) is 46.3 Å². The zero-order valence-corrected chi connectivity index (χ0v) is 18.4. The van der Waals surface area contributed by atoms with Gasteiger partial charge in [0.15, 0.2) is 0 Å². The minimum Gasteiger partial charge on any atom is -0.507 e. The molecule has 2 aromatic carbocycles. The molecule has 6 nitrogen and oxygen atoms in total. The van der Waals surface area contributed by atoms with Crippen molar-refractivity contribution in [2.24, 2.45) is 0 Å². The Morgan fingerprint density at radius 3 is 2.39 bits per heavy atom. The number of ether oxygens (including phenoxy) is 2. The van der Waals surface area contributed by atoms with Crippen molar-refractivity contribution in [2.75, 3.05) is 13.2 Å². The lowest BCUT2D eigenvalue weighted by Gasteiger charge is -2.25. The predicted octanol–water partition coefficient (Wildman–Crippen LogP) is 4.70. The Morgan fingerprint density at radius 1 is 1.06 bits per heavy atom. The molecular formula is C25H29NO5. The number of likely N-dealkylation sites (tertiary alicyclic amines) is 1. The smallest absolute Gasteiger partial charge is 0.295 e. The molecule has 1 aliphatic rings. The highest BCUT2D eigenvalue weighted by Gasteiger charge is 2.45. The van der Waals surface area contributed by atoms with Crippen LogP contribution >= 0.6 is 0 Å². The largest absolute Gasteiger partial charge is 0.507 e. The predicted molar refractivity (Wildman–Crippen MR) is 119 cm³/mol. The lowest BCUT2D eigenvalue weighted by Crippen LogP contribution is -2.30. The highest BCUT2D eigenvalue weighted by molar-refractivity contribution is 6.46. The monoisotopic (exact) mass is 423 g/mol. The second-order valence-electron chi connectivity index (χ2n) is 7.69. The third-order valence-electron chi connectivity index (χ3n) is 4.99. The molecule has 0 bridgehead atoms. The number of nitrogens with zero attached hydrogens (tertiary/aromatic N) is 1. The molecule has 6 heteroatoms. The van der Waals surface area contributed by atoms with Gasteiger partial charge in [0.2, 0.25) is 0 Å². The summed E-state index contributed by atoms with van der Waals surface area (Å²) in [5, 5.41) is 11.1. The van der Waals surface area contributed by atoms with Crippen molar-refractivity contribution < 1.29 is 24.2 Å².